The highest BCUT2D eigenvalue weighted by atomic mass is 35.5. The zero-order valence-corrected chi connectivity index (χ0v) is 13.1. The van der Waals surface area contributed by atoms with Gasteiger partial charge in [0.25, 0.3) is 0 Å². The van der Waals surface area contributed by atoms with Crippen LogP contribution in [0.4, 0.5) is 5.69 Å². The van der Waals surface area contributed by atoms with Gasteiger partial charge in [0.1, 0.15) is 0 Å². The number of halogens is 1. The van der Waals surface area contributed by atoms with Gasteiger partial charge in [-0.05, 0) is 46.5 Å². The van der Waals surface area contributed by atoms with Crippen LogP contribution >= 0.6 is 11.6 Å². The molecule has 3 aromatic carbocycles. The van der Waals surface area contributed by atoms with Gasteiger partial charge >= 0.3 is 0 Å². The van der Waals surface area contributed by atoms with Crippen molar-refractivity contribution in [2.75, 3.05) is 5.32 Å². The number of rotatable bonds is 1. The van der Waals surface area contributed by atoms with Gasteiger partial charge < -0.3 is 5.32 Å². The summed E-state index contributed by atoms with van der Waals surface area (Å²) in [7, 11) is 0. The van der Waals surface area contributed by atoms with Crippen molar-refractivity contribution in [1.82, 2.24) is 0 Å². The molecule has 0 radical (unpaired) electrons. The molecule has 0 bridgehead atoms. The van der Waals surface area contributed by atoms with Crippen LogP contribution in [0.15, 0.2) is 60.7 Å². The molecule has 0 aromatic heterocycles. The molecular formula is C20H14ClNO. The number of nitrogens with one attached hydrogen (secondary N) is 1. The van der Waals surface area contributed by atoms with Crippen molar-refractivity contribution < 1.29 is 4.79 Å². The molecule has 1 spiro atoms. The summed E-state index contributed by atoms with van der Waals surface area (Å²) in [6, 6.07) is 20.5. The highest BCUT2D eigenvalue weighted by molar-refractivity contribution is 6.31. The summed E-state index contributed by atoms with van der Waals surface area (Å²) in [5.41, 5.74) is 2.76. The fraction of sp³-hybridized carbons (Fsp3) is 0.150. The summed E-state index contributed by atoms with van der Waals surface area (Å²) in [4.78, 5) is 12.6. The summed E-state index contributed by atoms with van der Waals surface area (Å²) < 4.78 is 0. The fourth-order valence-electron chi connectivity index (χ4n) is 3.99. The Kier molecular flexibility index (Phi) is 2.49. The van der Waals surface area contributed by atoms with Gasteiger partial charge in [-0.1, -0.05) is 54.1 Å². The molecule has 1 heterocycles. The summed E-state index contributed by atoms with van der Waals surface area (Å²) >= 11 is 6.16. The fourth-order valence-corrected chi connectivity index (χ4v) is 4.16. The third-order valence-corrected chi connectivity index (χ3v) is 5.49. The van der Waals surface area contributed by atoms with E-state index in [4.69, 9.17) is 11.6 Å². The van der Waals surface area contributed by atoms with Crippen molar-refractivity contribution >= 4 is 34.0 Å². The zero-order valence-electron chi connectivity index (χ0n) is 12.3. The Labute approximate surface area is 139 Å². The highest BCUT2D eigenvalue weighted by Crippen LogP contribution is 2.65. The highest BCUT2D eigenvalue weighted by Gasteiger charge is 2.65. The maximum atomic E-state index is 12.6. The average Bonchev–Trinajstić information content (AvgIpc) is 3.26. The Morgan fingerprint density at radius 3 is 2.70 bits per heavy atom. The van der Waals surface area contributed by atoms with E-state index in [2.05, 4.69) is 35.6 Å². The smallest absolute Gasteiger partial charge is 0.235 e. The molecule has 2 unspecified atom stereocenters. The molecule has 23 heavy (non-hydrogen) atoms. The molecule has 112 valence electrons. The predicted octanol–water partition coefficient (Wildman–Crippen LogP) is 4.87. The zero-order chi connectivity index (χ0) is 15.6. The molecule has 1 aliphatic heterocycles. The largest absolute Gasteiger partial charge is 0.325 e. The Hall–Kier alpha value is -2.32. The lowest BCUT2D eigenvalue weighted by Crippen LogP contribution is -2.20. The van der Waals surface area contributed by atoms with Crippen molar-refractivity contribution in [3.8, 4) is 0 Å². The van der Waals surface area contributed by atoms with E-state index in [0.717, 1.165) is 17.7 Å². The third kappa shape index (κ3) is 1.73. The molecule has 5 rings (SSSR count). The molecule has 1 fully saturated rings. The lowest BCUT2D eigenvalue weighted by molar-refractivity contribution is -0.118. The number of carbonyl (C=O) groups is 1. The summed E-state index contributed by atoms with van der Waals surface area (Å²) in [5.74, 6) is 0.333. The Morgan fingerprint density at radius 2 is 1.83 bits per heavy atom. The van der Waals surface area contributed by atoms with Crippen molar-refractivity contribution in [1.29, 1.82) is 0 Å². The first kappa shape index (κ1) is 13.1. The quantitative estimate of drug-likeness (QED) is 0.681. The number of hydrogen-bond acceptors (Lipinski definition) is 1. The summed E-state index contributed by atoms with van der Waals surface area (Å²) in [6.45, 7) is 0. The molecule has 1 amide bonds. The molecule has 2 atom stereocenters. The predicted molar refractivity (Wildman–Crippen MR) is 93.1 cm³/mol. The van der Waals surface area contributed by atoms with E-state index in [-0.39, 0.29) is 11.8 Å². The molecule has 2 aliphatic rings. The first-order valence-electron chi connectivity index (χ1n) is 7.79. The Bertz CT molecular complexity index is 980. The van der Waals surface area contributed by atoms with E-state index in [1.54, 1.807) is 0 Å². The van der Waals surface area contributed by atoms with Crippen LogP contribution < -0.4 is 5.32 Å². The van der Waals surface area contributed by atoms with Crippen LogP contribution in [0.2, 0.25) is 5.02 Å². The lowest BCUT2D eigenvalue weighted by Gasteiger charge is -2.10. The molecule has 1 saturated carbocycles. The first-order chi connectivity index (χ1) is 11.2. The number of fused-ring (bicyclic) bond motifs is 3. The Morgan fingerprint density at radius 1 is 1.00 bits per heavy atom. The van der Waals surface area contributed by atoms with Gasteiger partial charge in [0.05, 0.1) is 5.41 Å². The van der Waals surface area contributed by atoms with Gasteiger partial charge in [-0.25, -0.2) is 0 Å². The minimum atomic E-state index is -0.428. The van der Waals surface area contributed by atoms with Crippen LogP contribution in [0.25, 0.3) is 10.8 Å². The monoisotopic (exact) mass is 319 g/mol. The average molecular weight is 320 g/mol. The number of anilines is 1. The second-order valence-corrected chi connectivity index (χ2v) is 6.92. The van der Waals surface area contributed by atoms with Crippen LogP contribution in [0.5, 0.6) is 0 Å². The maximum absolute atomic E-state index is 12.6. The van der Waals surface area contributed by atoms with E-state index in [1.807, 2.05) is 30.3 Å². The Balaban J connectivity index is 1.62. The van der Waals surface area contributed by atoms with Crippen molar-refractivity contribution in [3.05, 3.63) is 76.8 Å². The number of amides is 1. The molecule has 3 aromatic rings. The van der Waals surface area contributed by atoms with Gasteiger partial charge in [0.15, 0.2) is 0 Å². The first-order valence-corrected chi connectivity index (χ1v) is 8.16. The van der Waals surface area contributed by atoms with Gasteiger partial charge in [-0.15, -0.1) is 0 Å². The standard InChI is InChI=1S/C20H14ClNO/c21-15-7-8-18-16(10-15)20(19(23)22-18)11-17(20)14-6-5-12-3-1-2-4-13(12)9-14/h1-10,17H,11H2,(H,22,23). The van der Waals surface area contributed by atoms with Crippen molar-refractivity contribution in [2.24, 2.45) is 0 Å². The van der Waals surface area contributed by atoms with Gasteiger partial charge in [0.2, 0.25) is 5.91 Å². The maximum Gasteiger partial charge on any atom is 0.235 e. The molecule has 1 aliphatic carbocycles. The van der Waals surface area contributed by atoms with Crippen molar-refractivity contribution in [2.45, 2.75) is 17.8 Å². The second kappa shape index (κ2) is 4.36. The van der Waals surface area contributed by atoms with E-state index in [9.17, 15) is 4.79 Å². The van der Waals surface area contributed by atoms with Crippen LogP contribution in [-0.4, -0.2) is 5.91 Å². The van der Waals surface area contributed by atoms with Gasteiger partial charge in [-0.3, -0.25) is 4.79 Å². The lowest BCUT2D eigenvalue weighted by atomic mass is 9.91. The molecule has 3 heteroatoms. The summed E-state index contributed by atoms with van der Waals surface area (Å²) in [5, 5.41) is 6.15. The number of hydrogen-bond donors (Lipinski definition) is 1. The van der Waals surface area contributed by atoms with E-state index in [0.29, 0.717) is 5.02 Å². The molecular weight excluding hydrogens is 306 g/mol. The van der Waals surface area contributed by atoms with E-state index >= 15 is 0 Å². The third-order valence-electron chi connectivity index (χ3n) is 5.25. The van der Waals surface area contributed by atoms with E-state index < -0.39 is 5.41 Å². The number of carbonyl (C=O) groups excluding carboxylic acids is 1. The van der Waals surface area contributed by atoms with Crippen LogP contribution in [0, 0.1) is 0 Å². The van der Waals surface area contributed by atoms with Crippen molar-refractivity contribution in [3.63, 3.8) is 0 Å². The van der Waals surface area contributed by atoms with Crippen LogP contribution in [-0.2, 0) is 10.2 Å². The molecule has 2 nitrogen and oxygen atoms in total. The minimum absolute atomic E-state index is 0.105. The molecule has 0 saturated heterocycles. The topological polar surface area (TPSA) is 29.1 Å². The van der Waals surface area contributed by atoms with Gasteiger partial charge in [-0.2, -0.15) is 0 Å². The number of benzene rings is 3. The van der Waals surface area contributed by atoms with Gasteiger partial charge in [0, 0.05) is 16.6 Å². The molecule has 1 N–H and O–H groups in total. The SMILES string of the molecule is O=C1Nc2ccc(Cl)cc2C12CC2c1ccc2ccccc2c1. The second-order valence-electron chi connectivity index (χ2n) is 6.48. The van der Waals surface area contributed by atoms with Crippen LogP contribution in [0.3, 0.4) is 0 Å². The van der Waals surface area contributed by atoms with E-state index in [1.165, 1.54) is 16.3 Å². The van der Waals surface area contributed by atoms with Crippen LogP contribution in [0.1, 0.15) is 23.5 Å². The summed E-state index contributed by atoms with van der Waals surface area (Å²) in [6.07, 6.45) is 0.852. The normalized spacial score (nSPS) is 24.7. The minimum Gasteiger partial charge on any atom is -0.325 e.